The van der Waals surface area contributed by atoms with E-state index >= 15 is 0 Å². The maximum Gasteiger partial charge on any atom is 0.239 e. The Morgan fingerprint density at radius 1 is 0.196 bits per heavy atom. The van der Waals surface area contributed by atoms with E-state index in [1.54, 1.807) is 0 Å². The van der Waals surface area contributed by atoms with Gasteiger partial charge in [0.1, 0.15) is 17.5 Å². The summed E-state index contributed by atoms with van der Waals surface area (Å²) in [4.78, 5) is 40.8. The normalized spacial score (nSPS) is 11.6. The van der Waals surface area contributed by atoms with Gasteiger partial charge in [-0.3, -0.25) is 14.7 Å². The van der Waals surface area contributed by atoms with Crippen LogP contribution in [-0.4, -0.2) is 29.9 Å². The third kappa shape index (κ3) is 11.0. The number of nitrogens with zero attached hydrogens (tertiary/aromatic N) is 9. The Balaban J connectivity index is 0.911. The maximum atomic E-state index is 5.79. The molecule has 0 aliphatic heterocycles. The molecular formula is C88H59N9. The fraction of sp³-hybridized carbons (Fsp3) is 0.0227. The van der Waals surface area contributed by atoms with Gasteiger partial charge in [0.15, 0.2) is 0 Å². The van der Waals surface area contributed by atoms with E-state index in [9.17, 15) is 0 Å². The van der Waals surface area contributed by atoms with Crippen LogP contribution in [0.4, 0.5) is 52.0 Å². The number of hydrogen-bond acceptors (Lipinski definition) is 9. The molecule has 2 aromatic heterocycles. The van der Waals surface area contributed by atoms with Gasteiger partial charge in [-0.05, 0) is 170 Å². The molecule has 0 saturated carbocycles. The predicted molar refractivity (Wildman–Crippen MR) is 400 cm³/mol. The lowest BCUT2D eigenvalue weighted by Crippen LogP contribution is -2.21. The minimum Gasteiger partial charge on any atom is -0.279 e. The molecule has 0 aliphatic rings. The molecule has 0 atom stereocenters. The van der Waals surface area contributed by atoms with Crippen molar-refractivity contribution in [2.75, 3.05) is 14.7 Å². The Morgan fingerprint density at radius 2 is 0.412 bits per heavy atom. The first-order chi connectivity index (χ1) is 48.0. The number of aromatic nitrogens is 6. The summed E-state index contributed by atoms with van der Waals surface area (Å²) in [6, 6.07) is 121. The molecule has 0 spiro atoms. The van der Waals surface area contributed by atoms with E-state index in [1.165, 1.54) is 0 Å². The van der Waals surface area contributed by atoms with Crippen molar-refractivity contribution in [1.29, 1.82) is 0 Å². The van der Waals surface area contributed by atoms with Crippen LogP contribution >= 0.6 is 0 Å². The highest BCUT2D eigenvalue weighted by Gasteiger charge is 2.29. The largest absolute Gasteiger partial charge is 0.279 e. The number of hydrogen-bond donors (Lipinski definition) is 0. The van der Waals surface area contributed by atoms with Crippen molar-refractivity contribution in [2.24, 2.45) is 0 Å². The van der Waals surface area contributed by atoms with Crippen molar-refractivity contribution in [1.82, 2.24) is 29.9 Å². The highest BCUT2D eigenvalue weighted by molar-refractivity contribution is 5.96. The molecule has 9 heteroatoms. The summed E-state index contributed by atoms with van der Waals surface area (Å²) in [6.45, 7) is 0. The van der Waals surface area contributed by atoms with Crippen LogP contribution in [0, 0.1) is 0 Å². The Kier molecular flexibility index (Phi) is 14.1. The number of rotatable bonds is 14. The van der Waals surface area contributed by atoms with Gasteiger partial charge in [-0.2, -0.15) is 24.9 Å². The summed E-state index contributed by atoms with van der Waals surface area (Å²) in [5.41, 5.74) is 7.34. The molecule has 0 amide bonds. The van der Waals surface area contributed by atoms with Crippen molar-refractivity contribution in [3.8, 4) is 0 Å². The Hall–Kier alpha value is -13.0. The second-order valence-electron chi connectivity index (χ2n) is 24.8. The van der Waals surface area contributed by atoms with Gasteiger partial charge >= 0.3 is 0 Å². The molecule has 16 aromatic carbocycles. The second kappa shape index (κ2) is 24.2. The molecule has 456 valence electrons. The van der Waals surface area contributed by atoms with E-state index < -0.39 is 5.92 Å². The Morgan fingerprint density at radius 3 is 0.680 bits per heavy atom. The van der Waals surface area contributed by atoms with Crippen LogP contribution in [0.2, 0.25) is 0 Å². The molecule has 2 heterocycles. The molecule has 97 heavy (non-hydrogen) atoms. The number of benzene rings is 16. The minimum absolute atomic E-state index is 0.0725. The zero-order chi connectivity index (χ0) is 64.2. The molecule has 0 saturated heterocycles. The molecule has 0 unspecified atom stereocenters. The standard InChI is InChI=1S/C88H59N9/c1-9-25-66-49-74(35-33-58(66)17-1)84(75-36-34-59-18-2-10-26-67(59)50-75)85-89-82(90-86(93-85)95(76-43-37-60-19-3-11-27-68(60)51-76)77-44-38-61-20-4-12-28-69(61)52-77)57-83-91-87(96(78-45-39-62-21-5-13-29-70(62)53-78)79-46-40-63-22-6-14-30-71(63)54-79)94-88(92-83)97(80-47-41-64-23-7-15-31-72(64)55-80)81-48-42-65-24-8-16-32-73(65)56-81/h1-56,84H,57H2. The first kappa shape index (κ1) is 56.7. The molecular weight excluding hydrogens is 1180 g/mol. The molecule has 18 rings (SSSR count). The van der Waals surface area contributed by atoms with Gasteiger partial charge < -0.3 is 0 Å². The van der Waals surface area contributed by atoms with E-state index in [0.29, 0.717) is 35.3 Å². The third-order valence-electron chi connectivity index (χ3n) is 18.7. The lowest BCUT2D eigenvalue weighted by molar-refractivity contribution is 0.775. The topological polar surface area (TPSA) is 87.1 Å². The third-order valence-corrected chi connectivity index (χ3v) is 18.7. The predicted octanol–water partition coefficient (Wildman–Crippen LogP) is 22.5. The van der Waals surface area contributed by atoms with E-state index in [-0.39, 0.29) is 6.42 Å². The van der Waals surface area contributed by atoms with E-state index in [0.717, 1.165) is 131 Å². The van der Waals surface area contributed by atoms with Crippen LogP contribution < -0.4 is 14.7 Å². The second-order valence-corrected chi connectivity index (χ2v) is 24.8. The summed E-state index contributed by atoms with van der Waals surface area (Å²) >= 11 is 0. The lowest BCUT2D eigenvalue weighted by Gasteiger charge is -2.28. The number of fused-ring (bicyclic) bond motifs is 8. The summed E-state index contributed by atoms with van der Waals surface area (Å²) in [5, 5.41) is 17.7. The van der Waals surface area contributed by atoms with Crippen LogP contribution in [0.5, 0.6) is 0 Å². The average molecular weight is 1240 g/mol. The lowest BCUT2D eigenvalue weighted by atomic mass is 9.88. The van der Waals surface area contributed by atoms with Crippen LogP contribution in [-0.2, 0) is 6.42 Å². The smallest absolute Gasteiger partial charge is 0.239 e. The molecule has 0 fully saturated rings. The first-order valence-electron chi connectivity index (χ1n) is 32.8. The highest BCUT2D eigenvalue weighted by Crippen LogP contribution is 2.43. The molecule has 18 aromatic rings. The maximum absolute atomic E-state index is 5.79. The van der Waals surface area contributed by atoms with E-state index in [2.05, 4.69) is 354 Å². The monoisotopic (exact) mass is 1240 g/mol. The summed E-state index contributed by atoms with van der Waals surface area (Å²) in [7, 11) is 0. The first-order valence-corrected chi connectivity index (χ1v) is 32.8. The number of anilines is 9. The summed E-state index contributed by atoms with van der Waals surface area (Å²) in [6.07, 6.45) is 0.0725. The summed E-state index contributed by atoms with van der Waals surface area (Å²) < 4.78 is 0. The zero-order valence-electron chi connectivity index (χ0n) is 52.6. The van der Waals surface area contributed by atoms with E-state index in [4.69, 9.17) is 29.9 Å². The fourth-order valence-electron chi connectivity index (χ4n) is 13.8. The van der Waals surface area contributed by atoms with Crippen molar-refractivity contribution < 1.29 is 0 Å². The van der Waals surface area contributed by atoms with Crippen LogP contribution in [0.25, 0.3) is 86.2 Å². The SMILES string of the molecule is c1ccc2cc(C(c3ccc4ccccc4c3)c3nc(Cc4nc(N(c5ccc6ccccc6c5)c5ccc6ccccc6c5)nc(N(c5ccc6ccccc6c5)c5ccc6ccccc6c5)n4)nc(N(c4ccc5ccccc5c4)c4ccc5ccccc5c4)n3)ccc2c1. The molecule has 0 bridgehead atoms. The minimum atomic E-state index is -0.471. The van der Waals surface area contributed by atoms with Gasteiger partial charge in [0.2, 0.25) is 17.8 Å². The molecule has 0 radical (unpaired) electrons. The highest BCUT2D eigenvalue weighted by atomic mass is 15.4. The van der Waals surface area contributed by atoms with Gasteiger partial charge in [0.25, 0.3) is 0 Å². The molecule has 0 N–H and O–H groups in total. The van der Waals surface area contributed by atoms with E-state index in [1.807, 2.05) is 0 Å². The Labute approximate surface area is 560 Å². The van der Waals surface area contributed by atoms with Crippen molar-refractivity contribution in [3.63, 3.8) is 0 Å². The van der Waals surface area contributed by atoms with Crippen LogP contribution in [0.1, 0.15) is 34.5 Å². The fourth-order valence-corrected chi connectivity index (χ4v) is 13.8. The van der Waals surface area contributed by atoms with Gasteiger partial charge in [-0.1, -0.05) is 267 Å². The van der Waals surface area contributed by atoms with Gasteiger partial charge in [0.05, 0.1) is 12.3 Å². The summed E-state index contributed by atoms with van der Waals surface area (Å²) in [5.74, 6) is 2.26. The van der Waals surface area contributed by atoms with Gasteiger partial charge in [0, 0.05) is 34.1 Å². The van der Waals surface area contributed by atoms with Crippen LogP contribution in [0.3, 0.4) is 0 Å². The zero-order valence-corrected chi connectivity index (χ0v) is 52.6. The quantitative estimate of drug-likeness (QED) is 0.106. The molecule has 0 aliphatic carbocycles. The van der Waals surface area contributed by atoms with Gasteiger partial charge in [-0.25, -0.2) is 4.98 Å². The molecule has 9 nitrogen and oxygen atoms in total. The Bertz CT molecular complexity index is 5040. The van der Waals surface area contributed by atoms with Crippen molar-refractivity contribution in [2.45, 2.75) is 12.3 Å². The van der Waals surface area contributed by atoms with Crippen molar-refractivity contribution in [3.05, 3.63) is 368 Å². The van der Waals surface area contributed by atoms with Crippen LogP contribution in [0.15, 0.2) is 340 Å². The van der Waals surface area contributed by atoms with Crippen molar-refractivity contribution >= 4 is 138 Å². The average Bonchev–Trinajstić information content (AvgIpc) is 0.882. The van der Waals surface area contributed by atoms with Gasteiger partial charge in [-0.15, -0.1) is 0 Å².